The first-order valence-corrected chi connectivity index (χ1v) is 7.81. The SMILES string of the molecule is Cc1cc(C(F)F)nn1CC(=O)Nc1ccn(Cc2ccc(F)cc2)n1. The Morgan fingerprint density at radius 2 is 1.92 bits per heavy atom. The molecule has 136 valence electrons. The second kappa shape index (κ2) is 7.42. The van der Waals surface area contributed by atoms with Crippen molar-refractivity contribution in [1.82, 2.24) is 19.6 Å². The van der Waals surface area contributed by atoms with Gasteiger partial charge in [0.05, 0.1) is 6.54 Å². The van der Waals surface area contributed by atoms with E-state index in [4.69, 9.17) is 0 Å². The Kier molecular flexibility index (Phi) is 5.06. The van der Waals surface area contributed by atoms with Gasteiger partial charge in [-0.1, -0.05) is 12.1 Å². The van der Waals surface area contributed by atoms with E-state index >= 15 is 0 Å². The van der Waals surface area contributed by atoms with Crippen molar-refractivity contribution in [2.75, 3.05) is 5.32 Å². The molecule has 3 rings (SSSR count). The van der Waals surface area contributed by atoms with Gasteiger partial charge in [0.25, 0.3) is 6.43 Å². The number of anilines is 1. The zero-order valence-electron chi connectivity index (χ0n) is 13.9. The Balaban J connectivity index is 1.60. The van der Waals surface area contributed by atoms with Gasteiger partial charge < -0.3 is 5.32 Å². The average molecular weight is 363 g/mol. The summed E-state index contributed by atoms with van der Waals surface area (Å²) in [5, 5.41) is 10.5. The van der Waals surface area contributed by atoms with Crippen LogP contribution in [0.25, 0.3) is 0 Å². The number of amides is 1. The molecule has 26 heavy (non-hydrogen) atoms. The highest BCUT2D eigenvalue weighted by atomic mass is 19.3. The average Bonchev–Trinajstić information content (AvgIpc) is 3.17. The lowest BCUT2D eigenvalue weighted by atomic mass is 10.2. The fourth-order valence-corrected chi connectivity index (χ4v) is 2.41. The Bertz CT molecular complexity index is 902. The van der Waals surface area contributed by atoms with E-state index in [0.717, 1.165) is 5.56 Å². The summed E-state index contributed by atoms with van der Waals surface area (Å²) in [5.41, 5.74) is 0.968. The van der Waals surface area contributed by atoms with Gasteiger partial charge in [-0.3, -0.25) is 14.2 Å². The van der Waals surface area contributed by atoms with Gasteiger partial charge in [-0.2, -0.15) is 10.2 Å². The summed E-state index contributed by atoms with van der Waals surface area (Å²) in [6.45, 7) is 1.83. The molecule has 1 N–H and O–H groups in total. The molecule has 0 saturated carbocycles. The molecule has 0 aliphatic heterocycles. The summed E-state index contributed by atoms with van der Waals surface area (Å²) in [7, 11) is 0. The Morgan fingerprint density at radius 3 is 2.58 bits per heavy atom. The molecular formula is C17H16F3N5O. The highest BCUT2D eigenvalue weighted by Gasteiger charge is 2.15. The topological polar surface area (TPSA) is 64.7 Å². The molecule has 0 spiro atoms. The van der Waals surface area contributed by atoms with Gasteiger partial charge in [-0.05, 0) is 30.7 Å². The van der Waals surface area contributed by atoms with Crippen LogP contribution in [0.5, 0.6) is 0 Å². The van der Waals surface area contributed by atoms with Crippen molar-refractivity contribution in [3.05, 3.63) is 65.4 Å². The maximum Gasteiger partial charge on any atom is 0.282 e. The predicted octanol–water partition coefficient (Wildman–Crippen LogP) is 3.15. The quantitative estimate of drug-likeness (QED) is 0.732. The number of benzene rings is 1. The van der Waals surface area contributed by atoms with Crippen LogP contribution in [0.2, 0.25) is 0 Å². The van der Waals surface area contributed by atoms with Crippen molar-refractivity contribution < 1.29 is 18.0 Å². The maximum atomic E-state index is 12.9. The highest BCUT2D eigenvalue weighted by molar-refractivity contribution is 5.89. The molecule has 1 aromatic carbocycles. The molecular weight excluding hydrogens is 347 g/mol. The van der Waals surface area contributed by atoms with Gasteiger partial charge in [0.2, 0.25) is 5.91 Å². The number of nitrogens with one attached hydrogen (secondary N) is 1. The third kappa shape index (κ3) is 4.29. The number of carbonyl (C=O) groups excluding carboxylic acids is 1. The number of hydrogen-bond donors (Lipinski definition) is 1. The summed E-state index contributed by atoms with van der Waals surface area (Å²) >= 11 is 0. The van der Waals surface area contributed by atoms with Crippen LogP contribution in [0.4, 0.5) is 19.0 Å². The second-order valence-electron chi connectivity index (χ2n) is 5.74. The molecule has 3 aromatic rings. The van der Waals surface area contributed by atoms with Crippen LogP contribution in [-0.2, 0) is 17.9 Å². The highest BCUT2D eigenvalue weighted by Crippen LogP contribution is 2.18. The van der Waals surface area contributed by atoms with Crippen molar-refractivity contribution in [2.45, 2.75) is 26.4 Å². The summed E-state index contributed by atoms with van der Waals surface area (Å²) in [6.07, 6.45) is -1.01. The predicted molar refractivity (Wildman–Crippen MR) is 88.3 cm³/mol. The zero-order chi connectivity index (χ0) is 18.7. The number of carbonyl (C=O) groups is 1. The van der Waals surface area contributed by atoms with Crippen LogP contribution in [0.15, 0.2) is 42.6 Å². The first-order valence-electron chi connectivity index (χ1n) is 7.81. The van der Waals surface area contributed by atoms with E-state index < -0.39 is 12.3 Å². The lowest BCUT2D eigenvalue weighted by Crippen LogP contribution is -2.20. The number of aryl methyl sites for hydroxylation is 1. The number of rotatable bonds is 6. The second-order valence-corrected chi connectivity index (χ2v) is 5.74. The summed E-state index contributed by atoms with van der Waals surface area (Å²) in [6, 6.07) is 8.88. The molecule has 0 aliphatic rings. The van der Waals surface area contributed by atoms with Gasteiger partial charge in [-0.15, -0.1) is 0 Å². The number of alkyl halides is 2. The van der Waals surface area contributed by atoms with E-state index in [1.54, 1.807) is 36.0 Å². The number of hydrogen-bond acceptors (Lipinski definition) is 3. The van der Waals surface area contributed by atoms with Crippen molar-refractivity contribution in [2.24, 2.45) is 0 Å². The Hall–Kier alpha value is -3.10. The normalized spacial score (nSPS) is 11.1. The molecule has 0 atom stereocenters. The van der Waals surface area contributed by atoms with E-state index in [1.165, 1.54) is 22.9 Å². The standard InChI is InChI=1S/C17H16F3N5O/c1-11-8-14(17(19)20)22-25(11)10-16(26)21-15-6-7-24(23-15)9-12-2-4-13(18)5-3-12/h2-8,17H,9-10H2,1H3,(H,21,23,26). The molecule has 1 amide bonds. The minimum absolute atomic E-state index is 0.191. The van der Waals surface area contributed by atoms with Crippen LogP contribution in [-0.4, -0.2) is 25.5 Å². The van der Waals surface area contributed by atoms with Crippen LogP contribution >= 0.6 is 0 Å². The number of aromatic nitrogens is 4. The first kappa shape index (κ1) is 17.7. The summed E-state index contributed by atoms with van der Waals surface area (Å²) in [4.78, 5) is 12.1. The lowest BCUT2D eigenvalue weighted by Gasteiger charge is -2.05. The van der Waals surface area contributed by atoms with Gasteiger partial charge in [0.15, 0.2) is 5.82 Å². The molecule has 6 nitrogen and oxygen atoms in total. The smallest absolute Gasteiger partial charge is 0.282 e. The largest absolute Gasteiger partial charge is 0.308 e. The first-order chi connectivity index (χ1) is 12.4. The monoisotopic (exact) mass is 363 g/mol. The molecule has 0 unspecified atom stereocenters. The van der Waals surface area contributed by atoms with E-state index in [2.05, 4.69) is 15.5 Å². The van der Waals surface area contributed by atoms with Crippen LogP contribution in [0, 0.1) is 12.7 Å². The number of halogens is 3. The molecule has 0 radical (unpaired) electrons. The fraction of sp³-hybridized carbons (Fsp3) is 0.235. The van der Waals surface area contributed by atoms with Crippen LogP contribution in [0.3, 0.4) is 0 Å². The van der Waals surface area contributed by atoms with E-state index in [1.807, 2.05) is 0 Å². The van der Waals surface area contributed by atoms with Gasteiger partial charge >= 0.3 is 0 Å². The van der Waals surface area contributed by atoms with Crippen molar-refractivity contribution in [3.63, 3.8) is 0 Å². The van der Waals surface area contributed by atoms with E-state index in [0.29, 0.717) is 18.1 Å². The molecule has 9 heteroatoms. The summed E-state index contributed by atoms with van der Waals surface area (Å²) < 4.78 is 41.0. The van der Waals surface area contributed by atoms with E-state index in [-0.39, 0.29) is 18.1 Å². The maximum absolute atomic E-state index is 12.9. The molecule has 2 heterocycles. The fourth-order valence-electron chi connectivity index (χ4n) is 2.41. The molecule has 0 aliphatic carbocycles. The van der Waals surface area contributed by atoms with Gasteiger partial charge in [0, 0.05) is 18.0 Å². The van der Waals surface area contributed by atoms with Gasteiger partial charge in [0.1, 0.15) is 18.1 Å². The zero-order valence-corrected chi connectivity index (χ0v) is 13.9. The molecule has 0 saturated heterocycles. The number of nitrogens with zero attached hydrogens (tertiary/aromatic N) is 4. The minimum atomic E-state index is -2.68. The third-order valence-corrected chi connectivity index (χ3v) is 3.68. The molecule has 0 bridgehead atoms. The van der Waals surface area contributed by atoms with E-state index in [9.17, 15) is 18.0 Å². The van der Waals surface area contributed by atoms with Crippen LogP contribution < -0.4 is 5.32 Å². The van der Waals surface area contributed by atoms with Crippen molar-refractivity contribution in [1.29, 1.82) is 0 Å². The minimum Gasteiger partial charge on any atom is -0.308 e. The third-order valence-electron chi connectivity index (χ3n) is 3.68. The molecule has 0 fully saturated rings. The Morgan fingerprint density at radius 1 is 1.19 bits per heavy atom. The van der Waals surface area contributed by atoms with Crippen molar-refractivity contribution in [3.8, 4) is 0 Å². The molecule has 2 aromatic heterocycles. The summed E-state index contributed by atoms with van der Waals surface area (Å²) in [5.74, 6) is -0.411. The lowest BCUT2D eigenvalue weighted by molar-refractivity contribution is -0.117. The Labute approximate surface area is 147 Å². The van der Waals surface area contributed by atoms with Gasteiger partial charge in [-0.25, -0.2) is 13.2 Å². The van der Waals surface area contributed by atoms with Crippen LogP contribution in [0.1, 0.15) is 23.4 Å². The van der Waals surface area contributed by atoms with Crippen molar-refractivity contribution >= 4 is 11.7 Å².